The first-order valence-corrected chi connectivity index (χ1v) is 7.73. The molecule has 1 heterocycles. The van der Waals surface area contributed by atoms with Crippen LogP contribution in [0.2, 0.25) is 0 Å². The second kappa shape index (κ2) is 8.10. The van der Waals surface area contributed by atoms with Gasteiger partial charge in [0.05, 0.1) is 6.10 Å². The van der Waals surface area contributed by atoms with E-state index in [4.69, 9.17) is 4.74 Å². The van der Waals surface area contributed by atoms with Crippen LogP contribution in [0.5, 0.6) is 5.75 Å². The van der Waals surface area contributed by atoms with E-state index in [2.05, 4.69) is 10.1 Å². The molecule has 0 bridgehead atoms. The van der Waals surface area contributed by atoms with Crippen LogP contribution in [0.25, 0.3) is 0 Å². The number of nitrogens with one attached hydrogen (secondary N) is 1. The van der Waals surface area contributed by atoms with Crippen molar-refractivity contribution >= 4 is 11.7 Å². The van der Waals surface area contributed by atoms with E-state index in [-0.39, 0.29) is 17.9 Å². The van der Waals surface area contributed by atoms with Gasteiger partial charge < -0.3 is 19.7 Å². The van der Waals surface area contributed by atoms with Crippen molar-refractivity contribution in [1.82, 2.24) is 4.90 Å². The number of anilines is 1. The molecule has 0 radical (unpaired) electrons. The first-order valence-electron chi connectivity index (χ1n) is 7.73. The van der Waals surface area contributed by atoms with Crippen LogP contribution in [-0.2, 0) is 4.74 Å². The zero-order chi connectivity index (χ0) is 16.8. The summed E-state index contributed by atoms with van der Waals surface area (Å²) in [6, 6.07) is 4.42. The summed E-state index contributed by atoms with van der Waals surface area (Å²) in [6.45, 7) is 2.47. The molecule has 1 aliphatic rings. The quantitative estimate of drug-likeness (QED) is 0.898. The highest BCUT2D eigenvalue weighted by Crippen LogP contribution is 2.27. The van der Waals surface area contributed by atoms with Gasteiger partial charge >= 0.3 is 12.6 Å². The fourth-order valence-electron chi connectivity index (χ4n) is 2.66. The molecule has 128 valence electrons. The molecule has 0 aromatic heterocycles. The molecule has 0 saturated carbocycles. The van der Waals surface area contributed by atoms with Gasteiger partial charge in [-0.2, -0.15) is 8.78 Å². The average molecular weight is 328 g/mol. The molecule has 1 saturated heterocycles. The Kier molecular flexibility index (Phi) is 6.15. The number of hydrogen-bond donors (Lipinski definition) is 1. The van der Waals surface area contributed by atoms with Crippen LogP contribution in [0.1, 0.15) is 25.3 Å². The van der Waals surface area contributed by atoms with Crippen molar-refractivity contribution in [2.24, 2.45) is 0 Å². The Hall–Kier alpha value is -1.89. The third-order valence-electron chi connectivity index (χ3n) is 3.81. The van der Waals surface area contributed by atoms with Crippen molar-refractivity contribution in [1.29, 1.82) is 0 Å². The molecule has 1 N–H and O–H groups in total. The Morgan fingerprint density at radius 1 is 1.48 bits per heavy atom. The lowest BCUT2D eigenvalue weighted by molar-refractivity contribution is -0.0502. The second-order valence-corrected chi connectivity index (χ2v) is 5.40. The van der Waals surface area contributed by atoms with E-state index < -0.39 is 6.61 Å². The number of ether oxygens (including phenoxy) is 2. The minimum atomic E-state index is -2.89. The molecule has 0 aliphatic carbocycles. The number of urea groups is 1. The minimum Gasteiger partial charge on any atom is -0.434 e. The normalized spacial score (nSPS) is 18.1. The Morgan fingerprint density at radius 3 is 2.96 bits per heavy atom. The highest BCUT2D eigenvalue weighted by Gasteiger charge is 2.24. The van der Waals surface area contributed by atoms with Gasteiger partial charge in [-0.15, -0.1) is 0 Å². The van der Waals surface area contributed by atoms with Gasteiger partial charge in [0, 0.05) is 30.9 Å². The van der Waals surface area contributed by atoms with Crippen LogP contribution < -0.4 is 10.1 Å². The van der Waals surface area contributed by atoms with Crippen LogP contribution in [0, 0.1) is 6.92 Å². The number of rotatable bonds is 5. The maximum Gasteiger partial charge on any atom is 0.387 e. The maximum atomic E-state index is 12.4. The van der Waals surface area contributed by atoms with Crippen molar-refractivity contribution < 1.29 is 23.0 Å². The molecule has 23 heavy (non-hydrogen) atoms. The van der Waals surface area contributed by atoms with Crippen molar-refractivity contribution in [3.8, 4) is 5.75 Å². The lowest BCUT2D eigenvalue weighted by Crippen LogP contribution is -2.45. The minimum absolute atomic E-state index is 0.0501. The maximum absolute atomic E-state index is 12.4. The van der Waals surface area contributed by atoms with Gasteiger partial charge in [0.25, 0.3) is 0 Å². The summed E-state index contributed by atoms with van der Waals surface area (Å²) in [4.78, 5) is 14.1. The van der Waals surface area contributed by atoms with Gasteiger partial charge in [-0.25, -0.2) is 4.79 Å². The van der Waals surface area contributed by atoms with Crippen molar-refractivity contribution in [2.75, 3.05) is 25.0 Å². The van der Waals surface area contributed by atoms with Crippen LogP contribution >= 0.6 is 0 Å². The first kappa shape index (κ1) is 17.5. The molecule has 0 spiro atoms. The van der Waals surface area contributed by atoms with Gasteiger partial charge in [-0.05, 0) is 38.8 Å². The molecule has 1 atom stereocenters. The summed E-state index contributed by atoms with van der Waals surface area (Å²) >= 11 is 0. The Labute approximate surface area is 134 Å². The van der Waals surface area contributed by atoms with Gasteiger partial charge in [0.15, 0.2) is 0 Å². The number of hydrogen-bond acceptors (Lipinski definition) is 3. The van der Waals surface area contributed by atoms with Crippen molar-refractivity contribution in [3.05, 3.63) is 23.8 Å². The van der Waals surface area contributed by atoms with E-state index in [9.17, 15) is 13.6 Å². The lowest BCUT2D eigenvalue weighted by atomic mass is 10.1. The Morgan fingerprint density at radius 2 is 2.26 bits per heavy atom. The molecule has 2 rings (SSSR count). The van der Waals surface area contributed by atoms with E-state index in [0.717, 1.165) is 12.8 Å². The lowest BCUT2D eigenvalue weighted by Gasteiger charge is -2.32. The molecule has 0 unspecified atom stereocenters. The first-order chi connectivity index (χ1) is 11.0. The van der Waals surface area contributed by atoms with Crippen molar-refractivity contribution in [2.45, 2.75) is 39.4 Å². The number of halogens is 2. The zero-order valence-electron chi connectivity index (χ0n) is 13.4. The van der Waals surface area contributed by atoms with Crippen LogP contribution in [0.3, 0.4) is 0 Å². The van der Waals surface area contributed by atoms with Crippen LogP contribution in [0.4, 0.5) is 19.3 Å². The molecule has 1 aromatic carbocycles. The van der Waals surface area contributed by atoms with E-state index >= 15 is 0 Å². The summed E-state index contributed by atoms with van der Waals surface area (Å²) in [5.74, 6) is 0.0589. The largest absolute Gasteiger partial charge is 0.434 e. The van der Waals surface area contributed by atoms with E-state index in [0.29, 0.717) is 30.9 Å². The second-order valence-electron chi connectivity index (χ2n) is 5.40. The van der Waals surface area contributed by atoms with E-state index in [1.54, 1.807) is 24.0 Å². The number of nitrogens with zero attached hydrogens (tertiary/aromatic N) is 1. The fourth-order valence-corrected chi connectivity index (χ4v) is 2.66. The number of carbonyl (C=O) groups excluding carboxylic acids is 1. The molecule has 1 aromatic rings. The number of amides is 2. The van der Waals surface area contributed by atoms with Crippen LogP contribution in [-0.4, -0.2) is 43.3 Å². The number of carbonyl (C=O) groups is 1. The molecule has 1 fully saturated rings. The number of likely N-dealkylation sites (tertiary alicyclic amines) is 1. The summed E-state index contributed by atoms with van der Waals surface area (Å²) < 4.78 is 34.8. The molecule has 7 heteroatoms. The standard InChI is InChI=1S/C16H22F2N2O3/c1-3-22-12-6-5-9-20(10-12)16(21)19-13-7-4-8-14(11(13)2)23-15(17)18/h4,7-8,12,15H,3,5-6,9-10H2,1-2H3,(H,19,21)/t12-/m0/s1. The van der Waals surface area contributed by atoms with E-state index in [1.165, 1.54) is 6.07 Å². The molecular formula is C16H22F2N2O3. The smallest absolute Gasteiger partial charge is 0.387 e. The van der Waals surface area contributed by atoms with Gasteiger partial charge in [0.1, 0.15) is 5.75 Å². The highest BCUT2D eigenvalue weighted by molar-refractivity contribution is 5.90. The van der Waals surface area contributed by atoms with Crippen LogP contribution in [0.15, 0.2) is 18.2 Å². The van der Waals surface area contributed by atoms with Gasteiger partial charge in [0.2, 0.25) is 0 Å². The predicted molar refractivity (Wildman–Crippen MR) is 83.1 cm³/mol. The third kappa shape index (κ3) is 4.79. The monoisotopic (exact) mass is 328 g/mol. The molecule has 5 nitrogen and oxygen atoms in total. The van der Waals surface area contributed by atoms with Crippen molar-refractivity contribution in [3.63, 3.8) is 0 Å². The average Bonchev–Trinajstić information content (AvgIpc) is 2.51. The molecular weight excluding hydrogens is 306 g/mol. The molecule has 1 aliphatic heterocycles. The summed E-state index contributed by atoms with van der Waals surface area (Å²) in [5, 5.41) is 2.76. The number of alkyl halides is 2. The van der Waals surface area contributed by atoms with Gasteiger partial charge in [-0.3, -0.25) is 0 Å². The fraction of sp³-hybridized carbons (Fsp3) is 0.562. The predicted octanol–water partition coefficient (Wildman–Crippen LogP) is 3.63. The third-order valence-corrected chi connectivity index (χ3v) is 3.81. The summed E-state index contributed by atoms with van der Waals surface area (Å²) in [5.41, 5.74) is 0.936. The zero-order valence-corrected chi connectivity index (χ0v) is 13.4. The Balaban J connectivity index is 2.02. The number of benzene rings is 1. The van der Waals surface area contributed by atoms with E-state index in [1.807, 2.05) is 6.92 Å². The topological polar surface area (TPSA) is 50.8 Å². The SMILES string of the molecule is CCO[C@H]1CCCN(C(=O)Nc2cccc(OC(F)F)c2C)C1. The summed E-state index contributed by atoms with van der Waals surface area (Å²) in [6.07, 6.45) is 1.87. The summed E-state index contributed by atoms with van der Waals surface area (Å²) in [7, 11) is 0. The van der Waals surface area contributed by atoms with Gasteiger partial charge in [-0.1, -0.05) is 6.07 Å². The Bertz CT molecular complexity index is 538. The molecule has 2 amide bonds. The number of piperidine rings is 1. The highest BCUT2D eigenvalue weighted by atomic mass is 19.3.